The molecule has 128 valence electrons. The van der Waals surface area contributed by atoms with Gasteiger partial charge in [-0.2, -0.15) is 10.2 Å². The number of pyridine rings is 1. The van der Waals surface area contributed by atoms with E-state index in [0.29, 0.717) is 16.5 Å². The number of aromatic amines is 1. The molecular formula is C18H14N6O2. The fourth-order valence-electron chi connectivity index (χ4n) is 2.28. The lowest BCUT2D eigenvalue weighted by molar-refractivity contribution is 0.309. The predicted molar refractivity (Wildman–Crippen MR) is 96.7 cm³/mol. The van der Waals surface area contributed by atoms with Gasteiger partial charge in [0.15, 0.2) is 6.10 Å². The van der Waals surface area contributed by atoms with Crippen LogP contribution in [0.2, 0.25) is 0 Å². The van der Waals surface area contributed by atoms with Gasteiger partial charge >= 0.3 is 0 Å². The van der Waals surface area contributed by atoms with Gasteiger partial charge in [-0.15, -0.1) is 0 Å². The number of nitriles is 1. The van der Waals surface area contributed by atoms with Crippen molar-refractivity contribution in [1.29, 1.82) is 10.7 Å². The lowest BCUT2D eigenvalue weighted by atomic mass is 10.1. The van der Waals surface area contributed by atoms with E-state index in [4.69, 9.17) is 15.4 Å². The van der Waals surface area contributed by atoms with Gasteiger partial charge in [-0.05, 0) is 17.7 Å². The highest BCUT2D eigenvalue weighted by molar-refractivity contribution is 5.85. The van der Waals surface area contributed by atoms with Crippen LogP contribution >= 0.6 is 0 Å². The van der Waals surface area contributed by atoms with E-state index in [1.54, 1.807) is 18.2 Å². The van der Waals surface area contributed by atoms with Gasteiger partial charge in [-0.3, -0.25) is 19.8 Å². The smallest absolute Gasteiger partial charge is 0.298 e. The Hall–Kier alpha value is -3.86. The first-order valence-electron chi connectivity index (χ1n) is 7.70. The molecule has 0 fully saturated rings. The van der Waals surface area contributed by atoms with Crippen LogP contribution in [0.15, 0.2) is 52.5 Å². The number of rotatable bonds is 6. The van der Waals surface area contributed by atoms with E-state index in [1.165, 1.54) is 18.6 Å². The minimum Gasteiger partial charge on any atom is -0.450 e. The fourth-order valence-corrected chi connectivity index (χ4v) is 2.28. The topological polar surface area (TPSA) is 128 Å². The maximum atomic E-state index is 12.0. The van der Waals surface area contributed by atoms with Crippen LogP contribution in [-0.2, 0) is 6.54 Å². The summed E-state index contributed by atoms with van der Waals surface area (Å²) in [6, 6.07) is 10.8. The van der Waals surface area contributed by atoms with Crippen molar-refractivity contribution in [3.63, 3.8) is 0 Å². The van der Waals surface area contributed by atoms with E-state index in [9.17, 15) is 4.79 Å². The van der Waals surface area contributed by atoms with Crippen molar-refractivity contribution >= 4 is 23.3 Å². The molecule has 8 heteroatoms. The summed E-state index contributed by atoms with van der Waals surface area (Å²) in [6.07, 6.45) is 4.62. The molecule has 0 bridgehead atoms. The summed E-state index contributed by atoms with van der Waals surface area (Å²) >= 11 is 0. The van der Waals surface area contributed by atoms with E-state index >= 15 is 0 Å². The molecule has 0 amide bonds. The molecule has 1 unspecified atom stereocenters. The van der Waals surface area contributed by atoms with Crippen LogP contribution in [0.25, 0.3) is 10.9 Å². The largest absolute Gasteiger partial charge is 0.450 e. The Morgan fingerprint density at radius 2 is 2.23 bits per heavy atom. The van der Waals surface area contributed by atoms with E-state index in [-0.39, 0.29) is 18.1 Å². The summed E-state index contributed by atoms with van der Waals surface area (Å²) in [4.78, 5) is 26.8. The van der Waals surface area contributed by atoms with Crippen LogP contribution in [0.3, 0.4) is 0 Å². The number of fused-ring (bicyclic) bond motifs is 1. The van der Waals surface area contributed by atoms with Crippen molar-refractivity contribution in [2.45, 2.75) is 12.6 Å². The summed E-state index contributed by atoms with van der Waals surface area (Å²) in [7, 11) is 0. The van der Waals surface area contributed by atoms with E-state index < -0.39 is 6.10 Å². The van der Waals surface area contributed by atoms with Gasteiger partial charge in [0, 0.05) is 18.6 Å². The van der Waals surface area contributed by atoms with Crippen LogP contribution < -0.4 is 10.3 Å². The molecule has 8 nitrogen and oxygen atoms in total. The van der Waals surface area contributed by atoms with Crippen LogP contribution in [0, 0.1) is 16.7 Å². The quantitative estimate of drug-likeness (QED) is 0.658. The predicted octanol–water partition coefficient (Wildman–Crippen LogP) is 1.86. The number of aliphatic imine (C=N–C) groups is 1. The van der Waals surface area contributed by atoms with E-state index in [0.717, 1.165) is 11.8 Å². The number of benzene rings is 1. The Balaban J connectivity index is 1.75. The van der Waals surface area contributed by atoms with Crippen molar-refractivity contribution in [3.8, 4) is 12.1 Å². The molecule has 0 aliphatic rings. The number of hydrogen-bond acceptors (Lipinski definition) is 7. The highest BCUT2D eigenvalue weighted by Gasteiger charge is 2.09. The van der Waals surface area contributed by atoms with Gasteiger partial charge in [-0.1, -0.05) is 18.2 Å². The Kier molecular flexibility index (Phi) is 5.10. The SMILES string of the molecule is N#Cc1ccccc1CN=CC(C=N)Oc1nc2cnccc2c(=O)[nH]1. The molecule has 26 heavy (non-hydrogen) atoms. The summed E-state index contributed by atoms with van der Waals surface area (Å²) < 4.78 is 5.50. The van der Waals surface area contributed by atoms with Crippen LogP contribution in [0.4, 0.5) is 0 Å². The van der Waals surface area contributed by atoms with Crippen molar-refractivity contribution in [2.24, 2.45) is 4.99 Å². The average molecular weight is 346 g/mol. The molecule has 0 radical (unpaired) electrons. The first kappa shape index (κ1) is 17.0. The number of nitrogens with zero attached hydrogens (tertiary/aromatic N) is 4. The molecule has 2 heterocycles. The molecule has 0 aliphatic carbocycles. The second-order valence-corrected chi connectivity index (χ2v) is 5.27. The molecule has 1 atom stereocenters. The van der Waals surface area contributed by atoms with Gasteiger partial charge < -0.3 is 10.1 Å². The third-order valence-corrected chi connectivity index (χ3v) is 3.55. The lowest BCUT2D eigenvalue weighted by Gasteiger charge is -2.09. The second kappa shape index (κ2) is 7.81. The third kappa shape index (κ3) is 3.79. The number of ether oxygens (including phenoxy) is 1. The number of H-pyrrole nitrogens is 1. The van der Waals surface area contributed by atoms with Crippen molar-refractivity contribution in [3.05, 3.63) is 64.2 Å². The average Bonchev–Trinajstić information content (AvgIpc) is 2.67. The molecule has 0 spiro atoms. The lowest BCUT2D eigenvalue weighted by Crippen LogP contribution is -2.22. The summed E-state index contributed by atoms with van der Waals surface area (Å²) in [6.45, 7) is 0.281. The number of nitrogens with one attached hydrogen (secondary N) is 2. The zero-order valence-corrected chi connectivity index (χ0v) is 13.6. The molecule has 2 N–H and O–H groups in total. The summed E-state index contributed by atoms with van der Waals surface area (Å²) in [5.41, 5.74) is 1.37. The molecule has 0 aliphatic heterocycles. The molecule has 0 saturated heterocycles. The molecule has 2 aromatic heterocycles. The van der Waals surface area contributed by atoms with Gasteiger partial charge in [0.25, 0.3) is 11.6 Å². The molecule has 3 rings (SSSR count). The van der Waals surface area contributed by atoms with Crippen molar-refractivity contribution in [2.75, 3.05) is 0 Å². The molecule has 0 saturated carbocycles. The molecule has 3 aromatic rings. The normalized spacial score (nSPS) is 12.0. The van der Waals surface area contributed by atoms with Crippen LogP contribution in [0.5, 0.6) is 6.01 Å². The first-order chi connectivity index (χ1) is 12.7. The minimum atomic E-state index is -0.804. The Morgan fingerprint density at radius 1 is 1.38 bits per heavy atom. The van der Waals surface area contributed by atoms with Gasteiger partial charge in [0.1, 0.15) is 0 Å². The summed E-state index contributed by atoms with van der Waals surface area (Å²) in [5.74, 6) is 0. The zero-order valence-electron chi connectivity index (χ0n) is 13.6. The van der Waals surface area contributed by atoms with Crippen molar-refractivity contribution in [1.82, 2.24) is 15.0 Å². The van der Waals surface area contributed by atoms with Crippen molar-refractivity contribution < 1.29 is 4.74 Å². The highest BCUT2D eigenvalue weighted by Crippen LogP contribution is 2.10. The molecular weight excluding hydrogens is 332 g/mol. The van der Waals surface area contributed by atoms with Crippen LogP contribution in [0.1, 0.15) is 11.1 Å². The maximum Gasteiger partial charge on any atom is 0.298 e. The third-order valence-electron chi connectivity index (χ3n) is 3.55. The van der Waals surface area contributed by atoms with Gasteiger partial charge in [-0.25, -0.2) is 0 Å². The van der Waals surface area contributed by atoms with E-state index in [2.05, 4.69) is 26.0 Å². The summed E-state index contributed by atoms with van der Waals surface area (Å²) in [5, 5.41) is 16.9. The maximum absolute atomic E-state index is 12.0. The standard InChI is InChI=1S/C18H14N6O2/c19-7-12-3-1-2-4-13(12)9-22-10-14(8-20)26-18-23-16-11-21-6-5-15(16)17(25)24-18/h1-6,8,10-11,14,20H,9H2,(H,23,24,25). The highest BCUT2D eigenvalue weighted by atomic mass is 16.5. The number of aromatic nitrogens is 3. The fraction of sp³-hybridized carbons (Fsp3) is 0.111. The monoisotopic (exact) mass is 346 g/mol. The second-order valence-electron chi connectivity index (χ2n) is 5.27. The first-order valence-corrected chi connectivity index (χ1v) is 7.70. The Labute approximate surface area is 148 Å². The minimum absolute atomic E-state index is 0.0205. The Bertz CT molecular complexity index is 1070. The Morgan fingerprint density at radius 3 is 3.04 bits per heavy atom. The zero-order chi connectivity index (χ0) is 18.4. The van der Waals surface area contributed by atoms with E-state index in [1.807, 2.05) is 12.1 Å². The van der Waals surface area contributed by atoms with Gasteiger partial charge in [0.2, 0.25) is 0 Å². The van der Waals surface area contributed by atoms with Gasteiger partial charge in [0.05, 0.1) is 35.3 Å². The van der Waals surface area contributed by atoms with Crippen LogP contribution in [-0.4, -0.2) is 33.5 Å². The number of hydrogen-bond donors (Lipinski definition) is 2. The molecule has 1 aromatic carbocycles.